The van der Waals surface area contributed by atoms with E-state index in [2.05, 4.69) is 0 Å². The number of hydrogen-bond donors (Lipinski definition) is 0. The first-order valence-electron chi connectivity index (χ1n) is 8.26. The number of rotatable bonds is 7. The maximum Gasteiger partial charge on any atom is 0.309 e. The van der Waals surface area contributed by atoms with E-state index in [1.54, 1.807) is 6.92 Å². The quantitative estimate of drug-likeness (QED) is 0.722. The van der Waals surface area contributed by atoms with E-state index in [1.165, 1.54) is 0 Å². The Morgan fingerprint density at radius 1 is 1.22 bits per heavy atom. The van der Waals surface area contributed by atoms with Crippen LogP contribution >= 0.6 is 0 Å². The second kappa shape index (κ2) is 9.30. The SMILES string of the molecule is CCOC(=O)C(CCC(=O)N1CCOCC1)Cc1ccccc1. The van der Waals surface area contributed by atoms with Gasteiger partial charge in [-0.2, -0.15) is 0 Å². The first kappa shape index (κ1) is 17.5. The zero-order valence-electron chi connectivity index (χ0n) is 13.7. The van der Waals surface area contributed by atoms with Crippen LogP contribution in [0.2, 0.25) is 0 Å². The number of ether oxygens (including phenoxy) is 2. The zero-order valence-corrected chi connectivity index (χ0v) is 13.7. The van der Waals surface area contributed by atoms with Gasteiger partial charge in [-0.25, -0.2) is 0 Å². The molecule has 1 aromatic carbocycles. The van der Waals surface area contributed by atoms with Crippen LogP contribution in [-0.2, 0) is 25.5 Å². The molecule has 1 amide bonds. The molecule has 0 spiro atoms. The second-order valence-corrected chi connectivity index (χ2v) is 5.67. The molecular weight excluding hydrogens is 294 g/mol. The largest absolute Gasteiger partial charge is 0.466 e. The zero-order chi connectivity index (χ0) is 16.5. The third-order valence-corrected chi connectivity index (χ3v) is 4.02. The van der Waals surface area contributed by atoms with Crippen LogP contribution in [0.1, 0.15) is 25.3 Å². The predicted molar refractivity (Wildman–Crippen MR) is 86.9 cm³/mol. The van der Waals surface area contributed by atoms with Crippen LogP contribution in [0.15, 0.2) is 30.3 Å². The van der Waals surface area contributed by atoms with E-state index in [1.807, 2.05) is 35.2 Å². The number of carbonyl (C=O) groups is 2. The lowest BCUT2D eigenvalue weighted by atomic mass is 9.94. The Hall–Kier alpha value is -1.88. The van der Waals surface area contributed by atoms with Gasteiger partial charge in [-0.1, -0.05) is 30.3 Å². The van der Waals surface area contributed by atoms with Gasteiger partial charge in [0.2, 0.25) is 5.91 Å². The molecule has 0 saturated carbocycles. The van der Waals surface area contributed by atoms with Crippen LogP contribution in [0.4, 0.5) is 0 Å². The van der Waals surface area contributed by atoms with Gasteiger partial charge in [0.25, 0.3) is 0 Å². The average molecular weight is 319 g/mol. The van der Waals surface area contributed by atoms with Crippen LogP contribution < -0.4 is 0 Å². The summed E-state index contributed by atoms with van der Waals surface area (Å²) in [5.41, 5.74) is 1.09. The van der Waals surface area contributed by atoms with Gasteiger partial charge in [-0.05, 0) is 25.3 Å². The molecule has 1 unspecified atom stereocenters. The Labute approximate surface area is 137 Å². The third kappa shape index (κ3) is 5.67. The Bertz CT molecular complexity index is 497. The first-order valence-corrected chi connectivity index (χ1v) is 8.26. The Morgan fingerprint density at radius 2 is 1.91 bits per heavy atom. The van der Waals surface area contributed by atoms with Gasteiger partial charge in [0.05, 0.1) is 25.7 Å². The minimum Gasteiger partial charge on any atom is -0.466 e. The summed E-state index contributed by atoms with van der Waals surface area (Å²) in [6.07, 6.45) is 1.50. The van der Waals surface area contributed by atoms with Crippen molar-refractivity contribution >= 4 is 11.9 Å². The molecule has 0 aliphatic carbocycles. The lowest BCUT2D eigenvalue weighted by Gasteiger charge is -2.27. The molecule has 23 heavy (non-hydrogen) atoms. The monoisotopic (exact) mass is 319 g/mol. The van der Waals surface area contributed by atoms with Gasteiger partial charge >= 0.3 is 5.97 Å². The number of amides is 1. The maximum absolute atomic E-state index is 12.3. The van der Waals surface area contributed by atoms with E-state index in [0.29, 0.717) is 52.2 Å². The van der Waals surface area contributed by atoms with Crippen LogP contribution in [0.3, 0.4) is 0 Å². The average Bonchev–Trinajstić information content (AvgIpc) is 2.60. The second-order valence-electron chi connectivity index (χ2n) is 5.67. The predicted octanol–water partition coefficient (Wildman–Crippen LogP) is 2.05. The van der Waals surface area contributed by atoms with Crippen molar-refractivity contribution in [1.29, 1.82) is 0 Å². The van der Waals surface area contributed by atoms with Crippen molar-refractivity contribution in [1.82, 2.24) is 4.90 Å². The van der Waals surface area contributed by atoms with E-state index in [0.717, 1.165) is 5.56 Å². The fraction of sp³-hybridized carbons (Fsp3) is 0.556. The van der Waals surface area contributed by atoms with Gasteiger partial charge in [-0.3, -0.25) is 9.59 Å². The normalized spacial score (nSPS) is 16.0. The molecule has 0 N–H and O–H groups in total. The molecular formula is C18H25NO4. The molecule has 0 bridgehead atoms. The molecule has 5 heteroatoms. The lowest BCUT2D eigenvalue weighted by molar-refractivity contribution is -0.148. The topological polar surface area (TPSA) is 55.8 Å². The molecule has 1 aliphatic rings. The van der Waals surface area contributed by atoms with Gasteiger partial charge in [0.1, 0.15) is 0 Å². The number of esters is 1. The summed E-state index contributed by atoms with van der Waals surface area (Å²) in [5, 5.41) is 0. The van der Waals surface area contributed by atoms with Crippen LogP contribution in [0.5, 0.6) is 0 Å². The standard InChI is InChI=1S/C18H25NO4/c1-2-23-18(21)16(14-15-6-4-3-5-7-15)8-9-17(20)19-10-12-22-13-11-19/h3-7,16H,2,8-14H2,1H3. The Morgan fingerprint density at radius 3 is 2.57 bits per heavy atom. The van der Waals surface area contributed by atoms with Gasteiger partial charge < -0.3 is 14.4 Å². The highest BCUT2D eigenvalue weighted by atomic mass is 16.5. The summed E-state index contributed by atoms with van der Waals surface area (Å²) in [7, 11) is 0. The smallest absolute Gasteiger partial charge is 0.309 e. The molecule has 1 fully saturated rings. The molecule has 2 rings (SSSR count). The third-order valence-electron chi connectivity index (χ3n) is 4.02. The van der Waals surface area contributed by atoms with E-state index in [-0.39, 0.29) is 17.8 Å². The minimum atomic E-state index is -0.276. The highest BCUT2D eigenvalue weighted by molar-refractivity contribution is 5.78. The van der Waals surface area contributed by atoms with E-state index < -0.39 is 0 Å². The summed E-state index contributed by atoms with van der Waals surface area (Å²) in [5.74, 6) is -0.399. The Balaban J connectivity index is 1.91. The van der Waals surface area contributed by atoms with Gasteiger partial charge in [0.15, 0.2) is 0 Å². The number of hydrogen-bond acceptors (Lipinski definition) is 4. The van der Waals surface area contributed by atoms with Crippen molar-refractivity contribution in [2.24, 2.45) is 5.92 Å². The number of benzene rings is 1. The van der Waals surface area contributed by atoms with Crippen molar-refractivity contribution in [3.05, 3.63) is 35.9 Å². The van der Waals surface area contributed by atoms with Crippen LogP contribution in [0.25, 0.3) is 0 Å². The molecule has 1 atom stereocenters. The lowest BCUT2D eigenvalue weighted by Crippen LogP contribution is -2.41. The van der Waals surface area contributed by atoms with Crippen molar-refractivity contribution < 1.29 is 19.1 Å². The highest BCUT2D eigenvalue weighted by Gasteiger charge is 2.23. The molecule has 0 aromatic heterocycles. The number of morpholine rings is 1. The molecule has 1 heterocycles. The van der Waals surface area contributed by atoms with Crippen LogP contribution in [-0.4, -0.2) is 49.7 Å². The summed E-state index contributed by atoms with van der Waals surface area (Å²) in [4.78, 5) is 26.2. The summed E-state index contributed by atoms with van der Waals surface area (Å²) in [6, 6.07) is 9.85. The molecule has 126 valence electrons. The number of nitrogens with zero attached hydrogens (tertiary/aromatic N) is 1. The van der Waals surface area contributed by atoms with Crippen molar-refractivity contribution in [2.45, 2.75) is 26.2 Å². The molecule has 1 aliphatic heterocycles. The van der Waals surface area contributed by atoms with E-state index in [9.17, 15) is 9.59 Å². The van der Waals surface area contributed by atoms with E-state index in [4.69, 9.17) is 9.47 Å². The maximum atomic E-state index is 12.3. The Kier molecular flexibility index (Phi) is 7.07. The van der Waals surface area contributed by atoms with Gasteiger partial charge in [0, 0.05) is 19.5 Å². The number of carbonyl (C=O) groups excluding carboxylic acids is 2. The minimum absolute atomic E-state index is 0.0932. The fourth-order valence-corrected chi connectivity index (χ4v) is 2.73. The molecule has 0 radical (unpaired) electrons. The molecule has 1 saturated heterocycles. The van der Waals surface area contributed by atoms with E-state index >= 15 is 0 Å². The first-order chi connectivity index (χ1) is 11.2. The summed E-state index contributed by atoms with van der Waals surface area (Å²) < 4.78 is 10.4. The highest BCUT2D eigenvalue weighted by Crippen LogP contribution is 2.17. The molecule has 5 nitrogen and oxygen atoms in total. The summed E-state index contributed by atoms with van der Waals surface area (Å²) in [6.45, 7) is 4.63. The van der Waals surface area contributed by atoms with Crippen molar-refractivity contribution in [3.63, 3.8) is 0 Å². The summed E-state index contributed by atoms with van der Waals surface area (Å²) >= 11 is 0. The van der Waals surface area contributed by atoms with Gasteiger partial charge in [-0.15, -0.1) is 0 Å². The molecule has 1 aromatic rings. The van der Waals surface area contributed by atoms with Crippen LogP contribution in [0, 0.1) is 5.92 Å². The fourth-order valence-electron chi connectivity index (χ4n) is 2.73. The van der Waals surface area contributed by atoms with Crippen molar-refractivity contribution in [3.8, 4) is 0 Å². The van der Waals surface area contributed by atoms with Crippen molar-refractivity contribution in [2.75, 3.05) is 32.9 Å².